The average molecular weight is 221 g/mol. The third kappa shape index (κ3) is 2.72. The van der Waals surface area contributed by atoms with Gasteiger partial charge in [-0.2, -0.15) is 0 Å². The predicted octanol–water partition coefficient (Wildman–Crippen LogP) is 2.13. The molecule has 1 saturated carbocycles. The van der Waals surface area contributed by atoms with Gasteiger partial charge in [-0.15, -0.1) is 0 Å². The quantitative estimate of drug-likeness (QED) is 0.827. The second-order valence-corrected chi connectivity index (χ2v) is 4.10. The smallest absolute Gasteiger partial charge is 0.335 e. The van der Waals surface area contributed by atoms with Crippen molar-refractivity contribution in [3.63, 3.8) is 0 Å². The van der Waals surface area contributed by atoms with Crippen molar-refractivity contribution in [1.29, 1.82) is 0 Å². The molecule has 1 aromatic rings. The van der Waals surface area contributed by atoms with Crippen molar-refractivity contribution in [3.05, 3.63) is 23.4 Å². The third-order valence-electron chi connectivity index (χ3n) is 2.63. The van der Waals surface area contributed by atoms with Crippen molar-refractivity contribution >= 4 is 5.97 Å². The lowest BCUT2D eigenvalue weighted by molar-refractivity contribution is 0.0696. The van der Waals surface area contributed by atoms with Gasteiger partial charge in [0, 0.05) is 11.8 Å². The summed E-state index contributed by atoms with van der Waals surface area (Å²) in [6, 6.07) is 3.08. The van der Waals surface area contributed by atoms with Crippen molar-refractivity contribution in [1.82, 2.24) is 4.98 Å². The monoisotopic (exact) mass is 221 g/mol. The van der Waals surface area contributed by atoms with Crippen LogP contribution in [0.25, 0.3) is 0 Å². The summed E-state index contributed by atoms with van der Waals surface area (Å²) in [7, 11) is 0. The molecule has 86 valence electrons. The maximum atomic E-state index is 10.9. The van der Waals surface area contributed by atoms with E-state index in [1.807, 2.05) is 6.92 Å². The molecule has 4 heteroatoms. The summed E-state index contributed by atoms with van der Waals surface area (Å²) < 4.78 is 5.49. The first-order valence-electron chi connectivity index (χ1n) is 5.56. The fourth-order valence-electron chi connectivity index (χ4n) is 1.43. The summed E-state index contributed by atoms with van der Waals surface area (Å²) in [5, 5.41) is 8.94. The van der Waals surface area contributed by atoms with Gasteiger partial charge in [0.05, 0.1) is 12.2 Å². The molecule has 0 bridgehead atoms. The van der Waals surface area contributed by atoms with E-state index in [1.54, 1.807) is 6.07 Å². The second kappa shape index (κ2) is 4.51. The molecule has 4 nitrogen and oxygen atoms in total. The summed E-state index contributed by atoms with van der Waals surface area (Å²) in [5.41, 5.74) is 1.00. The van der Waals surface area contributed by atoms with Gasteiger partial charge in [-0.1, -0.05) is 6.92 Å². The van der Waals surface area contributed by atoms with E-state index >= 15 is 0 Å². The fraction of sp³-hybridized carbons (Fsp3) is 0.500. The molecule has 0 radical (unpaired) electrons. The van der Waals surface area contributed by atoms with Crippen LogP contribution in [0, 0.1) is 5.92 Å². The minimum absolute atomic E-state index is 0.248. The molecule has 0 saturated heterocycles. The molecule has 1 fully saturated rings. The Morgan fingerprint density at radius 1 is 1.56 bits per heavy atom. The normalized spacial score (nSPS) is 14.8. The molecule has 0 amide bonds. The van der Waals surface area contributed by atoms with Gasteiger partial charge in [-0.3, -0.25) is 0 Å². The van der Waals surface area contributed by atoms with Crippen LogP contribution in [0.1, 0.15) is 35.8 Å². The van der Waals surface area contributed by atoms with Gasteiger partial charge in [-0.05, 0) is 31.2 Å². The molecule has 0 aromatic carbocycles. The zero-order valence-electron chi connectivity index (χ0n) is 9.27. The molecular formula is C12H15NO3. The number of aryl methyl sites for hydroxylation is 1. The number of aromatic carboxylic acids is 1. The Labute approximate surface area is 94.3 Å². The highest BCUT2D eigenvalue weighted by Gasteiger charge is 2.22. The molecule has 0 unspecified atom stereocenters. The summed E-state index contributed by atoms with van der Waals surface area (Å²) in [6.07, 6.45) is 3.12. The summed E-state index contributed by atoms with van der Waals surface area (Å²) in [5.74, 6) is 0.136. The van der Waals surface area contributed by atoms with Crippen LogP contribution >= 0.6 is 0 Å². The average Bonchev–Trinajstić information content (AvgIpc) is 3.09. The van der Waals surface area contributed by atoms with Crippen molar-refractivity contribution in [2.45, 2.75) is 26.2 Å². The molecule has 1 N–H and O–H groups in total. The van der Waals surface area contributed by atoms with E-state index in [1.165, 1.54) is 18.9 Å². The number of hydrogen-bond donors (Lipinski definition) is 1. The second-order valence-electron chi connectivity index (χ2n) is 4.10. The van der Waals surface area contributed by atoms with Crippen LogP contribution in [-0.2, 0) is 6.42 Å². The Morgan fingerprint density at radius 3 is 2.88 bits per heavy atom. The van der Waals surface area contributed by atoms with E-state index in [2.05, 4.69) is 4.98 Å². The lowest BCUT2D eigenvalue weighted by atomic mass is 10.2. The number of rotatable bonds is 5. The molecule has 1 heterocycles. The zero-order chi connectivity index (χ0) is 11.5. The van der Waals surface area contributed by atoms with Crippen molar-refractivity contribution in [2.24, 2.45) is 5.92 Å². The minimum atomic E-state index is -0.937. The van der Waals surface area contributed by atoms with Crippen molar-refractivity contribution in [2.75, 3.05) is 6.61 Å². The number of carbonyl (C=O) groups is 1. The van der Waals surface area contributed by atoms with E-state index in [9.17, 15) is 4.79 Å². The number of carboxylic acids is 1. The van der Waals surface area contributed by atoms with Crippen LogP contribution < -0.4 is 4.74 Å². The Morgan fingerprint density at radius 2 is 2.31 bits per heavy atom. The lowest BCUT2D eigenvalue weighted by Gasteiger charge is -2.07. The number of nitrogens with zero attached hydrogens (tertiary/aromatic N) is 1. The van der Waals surface area contributed by atoms with E-state index in [4.69, 9.17) is 9.84 Å². The Hall–Kier alpha value is -1.58. The molecule has 1 aliphatic rings. The van der Waals surface area contributed by atoms with E-state index in [-0.39, 0.29) is 5.56 Å². The number of pyridine rings is 1. The zero-order valence-corrected chi connectivity index (χ0v) is 9.27. The Bertz CT molecular complexity index is 399. The summed E-state index contributed by atoms with van der Waals surface area (Å²) in [6.45, 7) is 2.60. The van der Waals surface area contributed by atoms with E-state index in [0.29, 0.717) is 24.8 Å². The summed E-state index contributed by atoms with van der Waals surface area (Å²) >= 11 is 0. The summed E-state index contributed by atoms with van der Waals surface area (Å²) in [4.78, 5) is 15.1. The highest BCUT2D eigenvalue weighted by molar-refractivity contribution is 5.88. The number of aromatic nitrogens is 1. The maximum absolute atomic E-state index is 10.9. The molecule has 0 atom stereocenters. The van der Waals surface area contributed by atoms with Gasteiger partial charge >= 0.3 is 5.97 Å². The number of ether oxygens (including phenoxy) is 1. The molecule has 0 spiro atoms. The van der Waals surface area contributed by atoms with Crippen LogP contribution in [0.3, 0.4) is 0 Å². The van der Waals surface area contributed by atoms with Gasteiger partial charge < -0.3 is 9.84 Å². The molecule has 0 aliphatic heterocycles. The number of hydrogen-bond acceptors (Lipinski definition) is 3. The van der Waals surface area contributed by atoms with Gasteiger partial charge in [-0.25, -0.2) is 9.78 Å². The van der Waals surface area contributed by atoms with E-state index < -0.39 is 5.97 Å². The molecule has 16 heavy (non-hydrogen) atoms. The molecule has 2 rings (SSSR count). The molecule has 1 aliphatic carbocycles. The van der Waals surface area contributed by atoms with Crippen molar-refractivity contribution < 1.29 is 14.6 Å². The molecular weight excluding hydrogens is 206 g/mol. The minimum Gasteiger partial charge on any atom is -0.478 e. The first-order valence-corrected chi connectivity index (χ1v) is 5.56. The van der Waals surface area contributed by atoms with Crippen LogP contribution in [0.2, 0.25) is 0 Å². The van der Waals surface area contributed by atoms with Gasteiger partial charge in [0.2, 0.25) is 5.88 Å². The Balaban J connectivity index is 2.14. The standard InChI is InChI=1S/C12H15NO3/c1-2-10-5-9(12(14)15)6-11(13-10)16-7-8-3-4-8/h5-6,8H,2-4,7H2,1H3,(H,14,15). The van der Waals surface area contributed by atoms with Crippen LogP contribution in [0.4, 0.5) is 0 Å². The van der Waals surface area contributed by atoms with Crippen LogP contribution in [0.5, 0.6) is 5.88 Å². The topological polar surface area (TPSA) is 59.4 Å². The lowest BCUT2D eigenvalue weighted by Crippen LogP contribution is -2.05. The largest absolute Gasteiger partial charge is 0.478 e. The SMILES string of the molecule is CCc1cc(C(=O)O)cc(OCC2CC2)n1. The van der Waals surface area contributed by atoms with Gasteiger partial charge in [0.1, 0.15) is 0 Å². The predicted molar refractivity (Wildman–Crippen MR) is 58.8 cm³/mol. The number of carboxylic acid groups (broad SMARTS) is 1. The van der Waals surface area contributed by atoms with Gasteiger partial charge in [0.15, 0.2) is 0 Å². The Kier molecular flexibility index (Phi) is 3.08. The molecule has 1 aromatic heterocycles. The van der Waals surface area contributed by atoms with E-state index in [0.717, 1.165) is 5.69 Å². The first-order chi connectivity index (χ1) is 7.69. The third-order valence-corrected chi connectivity index (χ3v) is 2.63. The van der Waals surface area contributed by atoms with Crippen LogP contribution in [-0.4, -0.2) is 22.7 Å². The first kappa shape index (κ1) is 10.9. The van der Waals surface area contributed by atoms with Crippen molar-refractivity contribution in [3.8, 4) is 5.88 Å². The van der Waals surface area contributed by atoms with Gasteiger partial charge in [0.25, 0.3) is 0 Å². The highest BCUT2D eigenvalue weighted by atomic mass is 16.5. The van der Waals surface area contributed by atoms with Crippen LogP contribution in [0.15, 0.2) is 12.1 Å². The highest BCUT2D eigenvalue weighted by Crippen LogP contribution is 2.29. The fourth-order valence-corrected chi connectivity index (χ4v) is 1.43. The maximum Gasteiger partial charge on any atom is 0.335 e.